The SMILES string of the molecule is CC(C)=C1CCCC2=CCCCC21. The van der Waals surface area contributed by atoms with Gasteiger partial charge in [-0.15, -0.1) is 0 Å². The fourth-order valence-corrected chi connectivity index (χ4v) is 2.87. The molecule has 2 rings (SSSR count). The van der Waals surface area contributed by atoms with Gasteiger partial charge >= 0.3 is 0 Å². The summed E-state index contributed by atoms with van der Waals surface area (Å²) in [6, 6.07) is 0. The fraction of sp³-hybridized carbons (Fsp3) is 0.692. The molecule has 0 bridgehead atoms. The summed E-state index contributed by atoms with van der Waals surface area (Å²) in [7, 11) is 0. The van der Waals surface area contributed by atoms with E-state index in [1.807, 2.05) is 0 Å². The first-order chi connectivity index (χ1) is 6.29. The van der Waals surface area contributed by atoms with Gasteiger partial charge < -0.3 is 0 Å². The highest BCUT2D eigenvalue weighted by Crippen LogP contribution is 2.41. The first kappa shape index (κ1) is 9.05. The number of fused-ring (bicyclic) bond motifs is 1. The summed E-state index contributed by atoms with van der Waals surface area (Å²) in [4.78, 5) is 0. The van der Waals surface area contributed by atoms with Gasteiger partial charge in [-0.2, -0.15) is 0 Å². The highest BCUT2D eigenvalue weighted by atomic mass is 14.3. The fourth-order valence-electron chi connectivity index (χ4n) is 2.87. The Morgan fingerprint density at radius 3 is 2.85 bits per heavy atom. The second-order valence-electron chi connectivity index (χ2n) is 4.64. The van der Waals surface area contributed by atoms with E-state index in [1.54, 1.807) is 16.7 Å². The zero-order valence-electron chi connectivity index (χ0n) is 8.90. The van der Waals surface area contributed by atoms with Gasteiger partial charge in [0.25, 0.3) is 0 Å². The average molecular weight is 176 g/mol. The topological polar surface area (TPSA) is 0 Å². The summed E-state index contributed by atoms with van der Waals surface area (Å²) >= 11 is 0. The zero-order chi connectivity index (χ0) is 9.26. The summed E-state index contributed by atoms with van der Waals surface area (Å²) in [6.07, 6.45) is 10.8. The van der Waals surface area contributed by atoms with Crippen molar-refractivity contribution in [3.05, 3.63) is 22.8 Å². The summed E-state index contributed by atoms with van der Waals surface area (Å²) in [6.45, 7) is 4.57. The Morgan fingerprint density at radius 2 is 2.08 bits per heavy atom. The van der Waals surface area contributed by atoms with Gasteiger partial charge in [0, 0.05) is 5.92 Å². The van der Waals surface area contributed by atoms with Crippen LogP contribution >= 0.6 is 0 Å². The van der Waals surface area contributed by atoms with Crippen molar-refractivity contribution in [3.8, 4) is 0 Å². The van der Waals surface area contributed by atoms with E-state index in [1.165, 1.54) is 38.5 Å². The van der Waals surface area contributed by atoms with Crippen LogP contribution in [0.1, 0.15) is 52.4 Å². The van der Waals surface area contributed by atoms with Crippen LogP contribution in [0.3, 0.4) is 0 Å². The maximum absolute atomic E-state index is 2.51. The van der Waals surface area contributed by atoms with Gasteiger partial charge in [-0.05, 0) is 52.4 Å². The first-order valence-corrected chi connectivity index (χ1v) is 5.64. The van der Waals surface area contributed by atoms with Crippen molar-refractivity contribution < 1.29 is 0 Å². The summed E-state index contributed by atoms with van der Waals surface area (Å²) < 4.78 is 0. The standard InChI is InChI=1S/C13H20/c1-10(2)12-9-5-7-11-6-3-4-8-13(11)12/h6,13H,3-5,7-9H2,1-2H3. The third kappa shape index (κ3) is 1.72. The predicted molar refractivity (Wildman–Crippen MR) is 57.6 cm³/mol. The van der Waals surface area contributed by atoms with Gasteiger partial charge in [-0.1, -0.05) is 22.8 Å². The molecule has 72 valence electrons. The number of rotatable bonds is 0. The normalized spacial score (nSPS) is 28.0. The van der Waals surface area contributed by atoms with E-state index in [9.17, 15) is 0 Å². The van der Waals surface area contributed by atoms with Crippen molar-refractivity contribution in [2.45, 2.75) is 52.4 Å². The highest BCUT2D eigenvalue weighted by Gasteiger charge is 2.25. The van der Waals surface area contributed by atoms with Crippen LogP contribution in [0.4, 0.5) is 0 Å². The summed E-state index contributed by atoms with van der Waals surface area (Å²) in [5.74, 6) is 0.854. The molecule has 0 aliphatic heterocycles. The van der Waals surface area contributed by atoms with E-state index in [0.717, 1.165) is 5.92 Å². The third-order valence-electron chi connectivity index (χ3n) is 3.53. The Kier molecular flexibility index (Phi) is 2.57. The number of hydrogen-bond donors (Lipinski definition) is 0. The smallest absolute Gasteiger partial charge is 0.000949 e. The largest absolute Gasteiger partial charge is 0.0847 e. The Balaban J connectivity index is 2.28. The van der Waals surface area contributed by atoms with Crippen molar-refractivity contribution in [2.75, 3.05) is 0 Å². The van der Waals surface area contributed by atoms with Gasteiger partial charge in [0.15, 0.2) is 0 Å². The lowest BCUT2D eigenvalue weighted by atomic mass is 9.73. The minimum Gasteiger partial charge on any atom is -0.0847 e. The molecule has 0 aromatic rings. The molecule has 0 radical (unpaired) electrons. The summed E-state index contributed by atoms with van der Waals surface area (Å²) in [5, 5.41) is 0. The van der Waals surface area contributed by atoms with E-state index in [4.69, 9.17) is 0 Å². The maximum atomic E-state index is 2.51. The van der Waals surface area contributed by atoms with Gasteiger partial charge in [-0.25, -0.2) is 0 Å². The van der Waals surface area contributed by atoms with Crippen molar-refractivity contribution >= 4 is 0 Å². The summed E-state index contributed by atoms with van der Waals surface area (Å²) in [5.41, 5.74) is 5.10. The quantitative estimate of drug-likeness (QED) is 0.484. The molecule has 13 heavy (non-hydrogen) atoms. The lowest BCUT2D eigenvalue weighted by molar-refractivity contribution is 0.488. The Labute approximate surface area is 81.7 Å². The van der Waals surface area contributed by atoms with E-state index in [-0.39, 0.29) is 0 Å². The Morgan fingerprint density at radius 1 is 1.23 bits per heavy atom. The molecular weight excluding hydrogens is 156 g/mol. The predicted octanol–water partition coefficient (Wildman–Crippen LogP) is 4.23. The minimum atomic E-state index is 0.854. The van der Waals surface area contributed by atoms with Crippen LogP contribution in [-0.4, -0.2) is 0 Å². The second kappa shape index (κ2) is 3.69. The average Bonchev–Trinajstić information content (AvgIpc) is 2.17. The zero-order valence-corrected chi connectivity index (χ0v) is 8.90. The highest BCUT2D eigenvalue weighted by molar-refractivity contribution is 5.29. The molecule has 2 aliphatic carbocycles. The third-order valence-corrected chi connectivity index (χ3v) is 3.53. The van der Waals surface area contributed by atoms with Crippen LogP contribution in [0.25, 0.3) is 0 Å². The Hall–Kier alpha value is -0.520. The van der Waals surface area contributed by atoms with Crippen LogP contribution in [-0.2, 0) is 0 Å². The van der Waals surface area contributed by atoms with E-state index in [0.29, 0.717) is 0 Å². The molecule has 0 spiro atoms. The lowest BCUT2D eigenvalue weighted by Gasteiger charge is -2.32. The molecule has 1 unspecified atom stereocenters. The van der Waals surface area contributed by atoms with Crippen molar-refractivity contribution in [3.63, 3.8) is 0 Å². The van der Waals surface area contributed by atoms with Crippen molar-refractivity contribution in [1.29, 1.82) is 0 Å². The molecule has 0 aromatic heterocycles. The molecule has 0 saturated heterocycles. The van der Waals surface area contributed by atoms with E-state index in [2.05, 4.69) is 19.9 Å². The van der Waals surface area contributed by atoms with E-state index < -0.39 is 0 Å². The molecule has 1 saturated carbocycles. The van der Waals surface area contributed by atoms with Crippen molar-refractivity contribution in [1.82, 2.24) is 0 Å². The maximum Gasteiger partial charge on any atom is 0.000949 e. The molecular formula is C13H20. The second-order valence-corrected chi connectivity index (χ2v) is 4.64. The Bertz CT molecular complexity index is 251. The van der Waals surface area contributed by atoms with Gasteiger partial charge in [0.1, 0.15) is 0 Å². The first-order valence-electron chi connectivity index (χ1n) is 5.64. The van der Waals surface area contributed by atoms with Crippen LogP contribution in [0.5, 0.6) is 0 Å². The van der Waals surface area contributed by atoms with Gasteiger partial charge in [0.2, 0.25) is 0 Å². The lowest BCUT2D eigenvalue weighted by Crippen LogP contribution is -2.17. The molecule has 0 heterocycles. The molecule has 0 nitrogen and oxygen atoms in total. The molecule has 0 heteroatoms. The van der Waals surface area contributed by atoms with Gasteiger partial charge in [0.05, 0.1) is 0 Å². The van der Waals surface area contributed by atoms with Gasteiger partial charge in [-0.3, -0.25) is 0 Å². The number of hydrogen-bond acceptors (Lipinski definition) is 0. The van der Waals surface area contributed by atoms with Crippen molar-refractivity contribution in [2.24, 2.45) is 5.92 Å². The molecule has 2 aliphatic rings. The van der Waals surface area contributed by atoms with E-state index >= 15 is 0 Å². The minimum absolute atomic E-state index is 0.854. The molecule has 0 aromatic carbocycles. The molecule has 1 fully saturated rings. The monoisotopic (exact) mass is 176 g/mol. The molecule has 0 N–H and O–H groups in total. The van der Waals surface area contributed by atoms with Crippen LogP contribution in [0.2, 0.25) is 0 Å². The molecule has 0 amide bonds. The number of allylic oxidation sites excluding steroid dienone is 4. The molecule has 1 atom stereocenters. The van der Waals surface area contributed by atoms with Crippen LogP contribution in [0.15, 0.2) is 22.8 Å². The van der Waals surface area contributed by atoms with Crippen LogP contribution < -0.4 is 0 Å². The van der Waals surface area contributed by atoms with Crippen LogP contribution in [0, 0.1) is 5.92 Å².